The molecule has 2 aliphatic heterocycles. The van der Waals surface area contributed by atoms with Gasteiger partial charge in [0.2, 0.25) is 0 Å². The summed E-state index contributed by atoms with van der Waals surface area (Å²) in [6.45, 7) is 10.7. The summed E-state index contributed by atoms with van der Waals surface area (Å²) in [5.74, 6) is 0.549. The van der Waals surface area contributed by atoms with Gasteiger partial charge in [0.1, 0.15) is 0 Å². The lowest BCUT2D eigenvalue weighted by atomic mass is 10.1. The minimum atomic E-state index is 0.0565. The Bertz CT molecular complexity index is 601. The number of hydrogen-bond acceptors (Lipinski definition) is 3. The summed E-state index contributed by atoms with van der Waals surface area (Å²) < 4.78 is 0. The normalized spacial score (nSPS) is 21.4. The minimum Gasteiger partial charge on any atom is -0.367 e. The molecule has 2 aliphatic rings. The van der Waals surface area contributed by atoms with Crippen molar-refractivity contribution >= 4 is 23.3 Å². The Morgan fingerprint density at radius 3 is 2.72 bits per heavy atom. The molecule has 1 N–H and O–H groups in total. The van der Waals surface area contributed by atoms with Crippen LogP contribution in [-0.4, -0.2) is 68.2 Å². The van der Waals surface area contributed by atoms with Crippen molar-refractivity contribution in [3.63, 3.8) is 0 Å². The van der Waals surface area contributed by atoms with Gasteiger partial charge in [0.15, 0.2) is 0 Å². The zero-order chi connectivity index (χ0) is 17.6. The molecule has 1 atom stereocenters. The van der Waals surface area contributed by atoms with Gasteiger partial charge in [-0.2, -0.15) is 0 Å². The molecule has 0 saturated carbocycles. The third-order valence-electron chi connectivity index (χ3n) is 5.06. The summed E-state index contributed by atoms with van der Waals surface area (Å²) in [4.78, 5) is 18.9. The van der Waals surface area contributed by atoms with Crippen LogP contribution in [0.1, 0.15) is 6.42 Å². The van der Waals surface area contributed by atoms with Crippen LogP contribution in [0.25, 0.3) is 0 Å². The van der Waals surface area contributed by atoms with Crippen LogP contribution in [0.3, 0.4) is 0 Å². The monoisotopic (exact) mass is 362 g/mol. The summed E-state index contributed by atoms with van der Waals surface area (Å²) in [6, 6.07) is 7.94. The molecule has 2 fully saturated rings. The Kier molecular flexibility index (Phi) is 6.21. The Labute approximate surface area is 155 Å². The number of halogens is 1. The number of carbonyl (C=O) groups excluding carboxylic acids is 1. The van der Waals surface area contributed by atoms with E-state index in [2.05, 4.69) is 21.7 Å². The minimum absolute atomic E-state index is 0.0565. The molecule has 0 unspecified atom stereocenters. The number of rotatable bonds is 5. The molecule has 1 aromatic rings. The first-order valence-electron chi connectivity index (χ1n) is 9.03. The third kappa shape index (κ3) is 4.67. The summed E-state index contributed by atoms with van der Waals surface area (Å²) in [5.41, 5.74) is 1.05. The Morgan fingerprint density at radius 1 is 1.24 bits per heavy atom. The average molecular weight is 363 g/mol. The van der Waals surface area contributed by atoms with Crippen LogP contribution in [0.2, 0.25) is 5.02 Å². The number of anilines is 1. The van der Waals surface area contributed by atoms with Crippen molar-refractivity contribution in [1.29, 1.82) is 0 Å². The molecule has 25 heavy (non-hydrogen) atoms. The van der Waals surface area contributed by atoms with Crippen LogP contribution in [0.15, 0.2) is 36.9 Å². The van der Waals surface area contributed by atoms with Gasteiger partial charge in [-0.15, -0.1) is 6.58 Å². The van der Waals surface area contributed by atoms with Crippen molar-refractivity contribution in [2.24, 2.45) is 5.92 Å². The van der Waals surface area contributed by atoms with Crippen molar-refractivity contribution in [2.45, 2.75) is 6.42 Å². The van der Waals surface area contributed by atoms with E-state index < -0.39 is 0 Å². The number of piperazine rings is 1. The number of nitrogens with one attached hydrogen (secondary N) is 1. The van der Waals surface area contributed by atoms with E-state index in [4.69, 9.17) is 11.6 Å². The van der Waals surface area contributed by atoms with Crippen LogP contribution in [0, 0.1) is 5.92 Å². The molecule has 2 amide bonds. The zero-order valence-corrected chi connectivity index (χ0v) is 15.4. The molecular formula is C19H27ClN4O. The first-order valence-corrected chi connectivity index (χ1v) is 9.40. The van der Waals surface area contributed by atoms with Crippen molar-refractivity contribution in [2.75, 3.05) is 57.3 Å². The van der Waals surface area contributed by atoms with E-state index in [0.717, 1.165) is 69.5 Å². The van der Waals surface area contributed by atoms with Gasteiger partial charge in [-0.1, -0.05) is 29.8 Å². The fourth-order valence-electron chi connectivity index (χ4n) is 3.63. The van der Waals surface area contributed by atoms with Gasteiger partial charge >= 0.3 is 6.03 Å². The highest BCUT2D eigenvalue weighted by Gasteiger charge is 2.25. The quantitative estimate of drug-likeness (QED) is 0.818. The van der Waals surface area contributed by atoms with E-state index in [9.17, 15) is 4.79 Å². The first kappa shape index (κ1) is 18.1. The maximum atomic E-state index is 12.4. The standard InChI is InChI=1S/C19H27ClN4O/c1-2-8-22-9-7-16(15-22)14-21-19(25)24-12-10-23(11-13-24)18-6-4-3-5-17(18)20/h2-6,16H,1,7-15H2,(H,21,25)/t16-/m0/s1. The van der Waals surface area contributed by atoms with Gasteiger partial charge in [-0.3, -0.25) is 4.90 Å². The van der Waals surface area contributed by atoms with Crippen molar-refractivity contribution < 1.29 is 4.79 Å². The number of benzene rings is 1. The lowest BCUT2D eigenvalue weighted by molar-refractivity contribution is 0.192. The fourth-order valence-corrected chi connectivity index (χ4v) is 3.89. The maximum absolute atomic E-state index is 12.4. The Hall–Kier alpha value is -1.72. The molecular weight excluding hydrogens is 336 g/mol. The lowest BCUT2D eigenvalue weighted by Gasteiger charge is -2.36. The van der Waals surface area contributed by atoms with Gasteiger partial charge < -0.3 is 15.1 Å². The van der Waals surface area contributed by atoms with E-state index in [1.807, 2.05) is 35.2 Å². The van der Waals surface area contributed by atoms with E-state index in [-0.39, 0.29) is 6.03 Å². The second-order valence-corrected chi connectivity index (χ2v) is 7.22. The molecule has 0 aliphatic carbocycles. The number of amides is 2. The number of hydrogen-bond donors (Lipinski definition) is 1. The lowest BCUT2D eigenvalue weighted by Crippen LogP contribution is -2.52. The average Bonchev–Trinajstić information content (AvgIpc) is 3.08. The van der Waals surface area contributed by atoms with Crippen LogP contribution in [0.4, 0.5) is 10.5 Å². The topological polar surface area (TPSA) is 38.8 Å². The molecule has 2 heterocycles. The molecule has 0 aromatic heterocycles. The summed E-state index contributed by atoms with van der Waals surface area (Å²) in [7, 11) is 0. The van der Waals surface area contributed by atoms with Gasteiger partial charge in [-0.25, -0.2) is 4.79 Å². The molecule has 3 rings (SSSR count). The fraction of sp³-hybridized carbons (Fsp3) is 0.526. The maximum Gasteiger partial charge on any atom is 0.317 e. The van der Waals surface area contributed by atoms with Crippen LogP contribution < -0.4 is 10.2 Å². The van der Waals surface area contributed by atoms with Gasteiger partial charge in [0, 0.05) is 45.8 Å². The molecule has 0 bridgehead atoms. The summed E-state index contributed by atoms with van der Waals surface area (Å²) in [6.07, 6.45) is 3.09. The van der Waals surface area contributed by atoms with Gasteiger partial charge in [-0.05, 0) is 31.0 Å². The van der Waals surface area contributed by atoms with E-state index in [1.165, 1.54) is 0 Å². The smallest absolute Gasteiger partial charge is 0.317 e. The largest absolute Gasteiger partial charge is 0.367 e. The van der Waals surface area contributed by atoms with Crippen molar-refractivity contribution in [1.82, 2.24) is 15.1 Å². The highest BCUT2D eigenvalue weighted by atomic mass is 35.5. The van der Waals surface area contributed by atoms with Crippen LogP contribution >= 0.6 is 11.6 Å². The molecule has 0 spiro atoms. The predicted octanol–water partition coefficient (Wildman–Crippen LogP) is 2.68. The molecule has 6 heteroatoms. The van der Waals surface area contributed by atoms with Crippen LogP contribution in [0.5, 0.6) is 0 Å². The van der Waals surface area contributed by atoms with Crippen molar-refractivity contribution in [3.05, 3.63) is 41.9 Å². The number of urea groups is 1. The third-order valence-corrected chi connectivity index (χ3v) is 5.38. The SMILES string of the molecule is C=CCN1CC[C@@H](CNC(=O)N2CCN(c3ccccc3Cl)CC2)C1. The number of likely N-dealkylation sites (tertiary alicyclic amines) is 1. The molecule has 1 aromatic carbocycles. The number of para-hydroxylation sites is 1. The molecule has 2 saturated heterocycles. The predicted molar refractivity (Wildman–Crippen MR) is 103 cm³/mol. The van der Waals surface area contributed by atoms with Gasteiger partial charge in [0.05, 0.1) is 10.7 Å². The molecule has 0 radical (unpaired) electrons. The van der Waals surface area contributed by atoms with E-state index >= 15 is 0 Å². The van der Waals surface area contributed by atoms with E-state index in [0.29, 0.717) is 5.92 Å². The summed E-state index contributed by atoms with van der Waals surface area (Å²) in [5, 5.41) is 3.88. The first-order chi connectivity index (χ1) is 12.2. The Morgan fingerprint density at radius 2 is 2.00 bits per heavy atom. The molecule has 5 nitrogen and oxygen atoms in total. The van der Waals surface area contributed by atoms with Crippen LogP contribution in [-0.2, 0) is 0 Å². The number of nitrogens with zero attached hydrogens (tertiary/aromatic N) is 3. The zero-order valence-electron chi connectivity index (χ0n) is 14.7. The highest BCUT2D eigenvalue weighted by molar-refractivity contribution is 6.33. The molecule has 136 valence electrons. The Balaban J connectivity index is 1.41. The number of carbonyl (C=O) groups is 1. The highest BCUT2D eigenvalue weighted by Crippen LogP contribution is 2.26. The summed E-state index contributed by atoms with van der Waals surface area (Å²) >= 11 is 6.27. The van der Waals surface area contributed by atoms with Crippen molar-refractivity contribution in [3.8, 4) is 0 Å². The van der Waals surface area contributed by atoms with E-state index in [1.54, 1.807) is 0 Å². The second kappa shape index (κ2) is 8.59. The van der Waals surface area contributed by atoms with Gasteiger partial charge in [0.25, 0.3) is 0 Å². The second-order valence-electron chi connectivity index (χ2n) is 6.81.